The highest BCUT2D eigenvalue weighted by Crippen LogP contribution is 2.31. The lowest BCUT2D eigenvalue weighted by atomic mass is 10.0. The van der Waals surface area contributed by atoms with Gasteiger partial charge in [-0.05, 0) is 30.9 Å². The zero-order chi connectivity index (χ0) is 18.3. The van der Waals surface area contributed by atoms with Crippen LogP contribution in [0, 0.1) is 5.92 Å². The van der Waals surface area contributed by atoms with E-state index in [4.69, 9.17) is 4.74 Å². The predicted octanol–water partition coefficient (Wildman–Crippen LogP) is -0.0188. The fourth-order valence-corrected chi connectivity index (χ4v) is 3.73. The number of amides is 2. The normalized spacial score (nSPS) is 30.3. The number of benzene rings is 1. The third kappa shape index (κ3) is 3.34. The minimum Gasteiger partial charge on any atom is -0.388 e. The van der Waals surface area contributed by atoms with Crippen molar-refractivity contribution in [2.75, 3.05) is 18.0 Å². The summed E-state index contributed by atoms with van der Waals surface area (Å²) < 4.78 is 5.69. The second kappa shape index (κ2) is 6.98. The quantitative estimate of drug-likeness (QED) is 0.686. The molecule has 7 nitrogen and oxygen atoms in total. The zero-order valence-electron chi connectivity index (χ0n) is 14.5. The Hall–Kier alpha value is -1.96. The number of nitrogens with one attached hydrogen (secondary N) is 1. The van der Waals surface area contributed by atoms with Gasteiger partial charge in [0.15, 0.2) is 0 Å². The first-order valence-corrected chi connectivity index (χ1v) is 9.22. The number of para-hydroxylation sites is 1. The summed E-state index contributed by atoms with van der Waals surface area (Å²) in [6, 6.07) is 7.77. The number of fused-ring (bicyclic) bond motifs is 1. The fraction of sp³-hybridized carbons (Fsp3) is 0.579. The molecule has 2 amide bonds. The van der Waals surface area contributed by atoms with E-state index in [0.29, 0.717) is 6.54 Å². The smallest absolute Gasteiger partial charge is 0.229 e. The first kappa shape index (κ1) is 17.5. The first-order valence-electron chi connectivity index (χ1n) is 9.22. The van der Waals surface area contributed by atoms with E-state index in [0.717, 1.165) is 30.5 Å². The van der Waals surface area contributed by atoms with E-state index >= 15 is 0 Å². The summed E-state index contributed by atoms with van der Waals surface area (Å²) in [5.41, 5.74) is 2.04. The van der Waals surface area contributed by atoms with Gasteiger partial charge in [-0.1, -0.05) is 18.2 Å². The molecule has 4 rings (SSSR count). The van der Waals surface area contributed by atoms with Crippen LogP contribution in [0.4, 0.5) is 5.69 Å². The molecule has 2 heterocycles. The Labute approximate surface area is 151 Å². The van der Waals surface area contributed by atoms with E-state index in [1.165, 1.54) is 0 Å². The van der Waals surface area contributed by atoms with Gasteiger partial charge < -0.3 is 25.2 Å². The summed E-state index contributed by atoms with van der Waals surface area (Å²) in [7, 11) is 0. The molecule has 4 unspecified atom stereocenters. The molecule has 0 radical (unpaired) electrons. The third-order valence-corrected chi connectivity index (χ3v) is 5.45. The fourth-order valence-electron chi connectivity index (χ4n) is 3.73. The number of anilines is 1. The molecule has 7 heteroatoms. The standard InChI is InChI=1S/C19H24N2O5/c22-16(21-8-7-11-3-1-2-4-13(11)21)9-14-17(23)18(24)15(26-14)10-20-19(25)12-5-6-12/h1-4,12,14-15,17-18,23-24H,5-10H2,(H,20,25). The van der Waals surface area contributed by atoms with Crippen molar-refractivity contribution in [3.63, 3.8) is 0 Å². The number of aliphatic hydroxyl groups excluding tert-OH is 2. The summed E-state index contributed by atoms with van der Waals surface area (Å²) in [6.45, 7) is 0.759. The Balaban J connectivity index is 1.34. The van der Waals surface area contributed by atoms with Crippen molar-refractivity contribution < 1.29 is 24.5 Å². The number of rotatable bonds is 5. The number of nitrogens with zero attached hydrogens (tertiary/aromatic N) is 1. The Bertz CT molecular complexity index is 705. The van der Waals surface area contributed by atoms with Crippen LogP contribution in [0.1, 0.15) is 24.8 Å². The van der Waals surface area contributed by atoms with Gasteiger partial charge in [0, 0.05) is 24.7 Å². The molecule has 0 spiro atoms. The average Bonchev–Trinajstić information content (AvgIpc) is 3.35. The van der Waals surface area contributed by atoms with E-state index in [9.17, 15) is 19.8 Å². The molecular weight excluding hydrogens is 336 g/mol. The van der Waals surface area contributed by atoms with Gasteiger partial charge in [-0.25, -0.2) is 0 Å². The number of aliphatic hydroxyl groups is 2. The van der Waals surface area contributed by atoms with Crippen LogP contribution in [-0.4, -0.2) is 59.5 Å². The number of hydrogen-bond donors (Lipinski definition) is 3. The van der Waals surface area contributed by atoms with E-state index < -0.39 is 24.4 Å². The number of hydrogen-bond acceptors (Lipinski definition) is 5. The lowest BCUT2D eigenvalue weighted by Gasteiger charge is -2.21. The van der Waals surface area contributed by atoms with Crippen LogP contribution in [-0.2, 0) is 20.7 Å². The van der Waals surface area contributed by atoms with Crippen molar-refractivity contribution in [2.24, 2.45) is 5.92 Å². The van der Waals surface area contributed by atoms with Crippen LogP contribution in [0.25, 0.3) is 0 Å². The Kier molecular flexibility index (Phi) is 4.69. The molecule has 1 saturated carbocycles. The van der Waals surface area contributed by atoms with Crippen LogP contribution >= 0.6 is 0 Å². The van der Waals surface area contributed by atoms with Crippen molar-refractivity contribution in [1.29, 1.82) is 0 Å². The summed E-state index contributed by atoms with van der Waals surface area (Å²) in [5.74, 6) is -0.0940. The van der Waals surface area contributed by atoms with Gasteiger partial charge in [-0.15, -0.1) is 0 Å². The van der Waals surface area contributed by atoms with Crippen molar-refractivity contribution in [3.05, 3.63) is 29.8 Å². The van der Waals surface area contributed by atoms with Gasteiger partial charge in [0.1, 0.15) is 18.3 Å². The van der Waals surface area contributed by atoms with Crippen LogP contribution in [0.5, 0.6) is 0 Å². The topological polar surface area (TPSA) is 99.1 Å². The summed E-state index contributed by atoms with van der Waals surface area (Å²) >= 11 is 0. The molecule has 2 fully saturated rings. The summed E-state index contributed by atoms with van der Waals surface area (Å²) in [5, 5.41) is 23.2. The lowest BCUT2D eigenvalue weighted by molar-refractivity contribution is -0.124. The van der Waals surface area contributed by atoms with E-state index in [2.05, 4.69) is 5.32 Å². The highest BCUT2D eigenvalue weighted by atomic mass is 16.5. The van der Waals surface area contributed by atoms with Crippen molar-refractivity contribution in [3.8, 4) is 0 Å². The maximum atomic E-state index is 12.7. The van der Waals surface area contributed by atoms with Gasteiger partial charge >= 0.3 is 0 Å². The molecule has 1 saturated heterocycles. The maximum Gasteiger partial charge on any atom is 0.229 e. The van der Waals surface area contributed by atoms with Gasteiger partial charge in [0.25, 0.3) is 0 Å². The lowest BCUT2D eigenvalue weighted by Crippen LogP contribution is -2.40. The molecule has 1 aromatic carbocycles. The number of carbonyl (C=O) groups excluding carboxylic acids is 2. The Morgan fingerprint density at radius 3 is 2.65 bits per heavy atom. The van der Waals surface area contributed by atoms with E-state index in [-0.39, 0.29) is 30.7 Å². The monoisotopic (exact) mass is 360 g/mol. The molecule has 1 aliphatic carbocycles. The molecular formula is C19H24N2O5. The highest BCUT2D eigenvalue weighted by Gasteiger charge is 2.44. The van der Waals surface area contributed by atoms with Crippen molar-refractivity contribution in [1.82, 2.24) is 5.32 Å². The molecule has 4 atom stereocenters. The maximum absolute atomic E-state index is 12.7. The van der Waals surface area contributed by atoms with Crippen LogP contribution < -0.4 is 10.2 Å². The van der Waals surface area contributed by atoms with Crippen LogP contribution in [0.15, 0.2) is 24.3 Å². The molecule has 2 aliphatic heterocycles. The second-order valence-corrected chi connectivity index (χ2v) is 7.34. The van der Waals surface area contributed by atoms with E-state index in [1.807, 2.05) is 24.3 Å². The van der Waals surface area contributed by atoms with Gasteiger partial charge in [-0.3, -0.25) is 9.59 Å². The van der Waals surface area contributed by atoms with Gasteiger partial charge in [0.2, 0.25) is 11.8 Å². The first-order chi connectivity index (χ1) is 12.5. The molecule has 3 N–H and O–H groups in total. The van der Waals surface area contributed by atoms with Gasteiger partial charge in [0.05, 0.1) is 12.5 Å². The molecule has 1 aromatic rings. The molecule has 0 bridgehead atoms. The van der Waals surface area contributed by atoms with Crippen molar-refractivity contribution in [2.45, 2.75) is 50.1 Å². The molecule has 140 valence electrons. The molecule has 26 heavy (non-hydrogen) atoms. The van der Waals surface area contributed by atoms with Crippen LogP contribution in [0.3, 0.4) is 0 Å². The van der Waals surface area contributed by atoms with E-state index in [1.54, 1.807) is 4.90 Å². The second-order valence-electron chi connectivity index (χ2n) is 7.34. The average molecular weight is 360 g/mol. The minimum atomic E-state index is -1.14. The molecule has 0 aromatic heterocycles. The highest BCUT2D eigenvalue weighted by molar-refractivity contribution is 5.95. The Morgan fingerprint density at radius 2 is 1.88 bits per heavy atom. The largest absolute Gasteiger partial charge is 0.388 e. The number of carbonyl (C=O) groups is 2. The van der Waals surface area contributed by atoms with Crippen molar-refractivity contribution >= 4 is 17.5 Å². The molecule has 3 aliphatic rings. The summed E-state index contributed by atoms with van der Waals surface area (Å²) in [6.07, 6.45) is -1.11. The minimum absolute atomic E-state index is 0.000365. The summed E-state index contributed by atoms with van der Waals surface area (Å²) in [4.78, 5) is 26.1. The SMILES string of the molecule is O=C(NCC1OC(CC(=O)N2CCc3ccccc32)C(O)C1O)C1CC1. The number of ether oxygens (including phenoxy) is 1. The van der Waals surface area contributed by atoms with Gasteiger partial charge in [-0.2, -0.15) is 0 Å². The zero-order valence-corrected chi connectivity index (χ0v) is 14.5. The predicted molar refractivity (Wildman–Crippen MR) is 93.5 cm³/mol. The third-order valence-electron chi connectivity index (χ3n) is 5.45. The van der Waals surface area contributed by atoms with Crippen LogP contribution in [0.2, 0.25) is 0 Å². The Morgan fingerprint density at radius 1 is 1.15 bits per heavy atom.